The highest BCUT2D eigenvalue weighted by molar-refractivity contribution is 6.10. The molecule has 338 valence electrons. The lowest BCUT2D eigenvalue weighted by atomic mass is 9.71. The van der Waals surface area contributed by atoms with E-state index in [0.717, 1.165) is 72.7 Å². The minimum Gasteiger partial charge on any atom is -0.457 e. The van der Waals surface area contributed by atoms with Gasteiger partial charge in [0.1, 0.15) is 28.7 Å². The van der Waals surface area contributed by atoms with Crippen LogP contribution in [0.15, 0.2) is 219 Å². The summed E-state index contributed by atoms with van der Waals surface area (Å²) in [6.45, 7) is 16.1. The fraction of sp³-hybridized carbons (Fsp3) is 0.156. The molecule has 0 saturated heterocycles. The Morgan fingerprint density at radius 2 is 1.07 bits per heavy atom. The number of nitrogens with zero attached hydrogens (tertiary/aromatic N) is 4. The number of para-hydroxylation sites is 2. The first-order valence-electron chi connectivity index (χ1n) is 24.0. The van der Waals surface area contributed by atoms with Crippen molar-refractivity contribution in [2.45, 2.75) is 64.7 Å². The Kier molecular flexibility index (Phi) is 10.7. The number of rotatable bonds is 9. The third-order valence-corrected chi connectivity index (χ3v) is 14.0. The predicted octanol–water partition coefficient (Wildman–Crippen LogP) is 15.8. The quantitative estimate of drug-likeness (QED) is 0.135. The first kappa shape index (κ1) is 43.5. The van der Waals surface area contributed by atoms with Crippen LogP contribution in [-0.2, 0) is 16.2 Å². The third kappa shape index (κ3) is 7.98. The molecular formula is C64H57N4O+. The van der Waals surface area contributed by atoms with E-state index in [0.29, 0.717) is 0 Å². The zero-order chi connectivity index (χ0) is 47.5. The molecule has 0 atom stereocenters. The third-order valence-electron chi connectivity index (χ3n) is 14.0. The molecule has 0 fully saturated rings. The van der Waals surface area contributed by atoms with Crippen molar-refractivity contribution < 1.29 is 9.30 Å². The van der Waals surface area contributed by atoms with Crippen LogP contribution in [0.1, 0.15) is 76.3 Å². The molecular weight excluding hydrogens is 841 g/mol. The Labute approximate surface area is 405 Å². The molecule has 0 spiro atoms. The average Bonchev–Trinajstić information content (AvgIpc) is 3.92. The van der Waals surface area contributed by atoms with Crippen LogP contribution in [0.25, 0.3) is 61.2 Å². The van der Waals surface area contributed by atoms with E-state index >= 15 is 0 Å². The maximum atomic E-state index is 6.88. The number of hydrogen-bond donors (Lipinski definition) is 0. The van der Waals surface area contributed by atoms with E-state index in [1.54, 1.807) is 0 Å². The smallest absolute Gasteiger partial charge is 0.255 e. The summed E-state index contributed by atoms with van der Waals surface area (Å²) < 4.78 is 13.8. The second-order valence-electron chi connectivity index (χ2n) is 20.6. The molecule has 0 bridgehead atoms. The summed E-state index contributed by atoms with van der Waals surface area (Å²) in [6.07, 6.45) is 4.17. The molecule has 3 heterocycles. The molecule has 3 aromatic heterocycles. The molecule has 5 heteroatoms. The van der Waals surface area contributed by atoms with Gasteiger partial charge in [-0.05, 0) is 129 Å². The van der Waals surface area contributed by atoms with Crippen molar-refractivity contribution in [1.82, 2.24) is 14.1 Å². The minimum absolute atomic E-state index is 0.00419. The maximum absolute atomic E-state index is 6.88. The van der Waals surface area contributed by atoms with E-state index in [9.17, 15) is 0 Å². The Hall–Kier alpha value is -8.02. The van der Waals surface area contributed by atoms with Crippen molar-refractivity contribution in [3.05, 3.63) is 247 Å². The number of hydrogen-bond acceptors (Lipinski definition) is 2. The monoisotopic (exact) mass is 897 g/mol. The molecule has 11 aromatic rings. The molecule has 0 N–H and O–H groups in total. The highest BCUT2D eigenvalue weighted by atomic mass is 16.5. The molecule has 0 unspecified atom stereocenters. The normalized spacial score (nSPS) is 12.3. The molecule has 8 aromatic carbocycles. The summed E-state index contributed by atoms with van der Waals surface area (Å²) in [6, 6.07) is 73.9. The second-order valence-corrected chi connectivity index (χ2v) is 20.6. The second kappa shape index (κ2) is 16.9. The van der Waals surface area contributed by atoms with Gasteiger partial charge in [0.2, 0.25) is 0 Å². The van der Waals surface area contributed by atoms with Gasteiger partial charge in [-0.1, -0.05) is 163 Å². The van der Waals surface area contributed by atoms with E-state index in [-0.39, 0.29) is 10.8 Å². The van der Waals surface area contributed by atoms with Gasteiger partial charge in [-0.2, -0.15) is 9.13 Å². The van der Waals surface area contributed by atoms with E-state index < -0.39 is 5.41 Å². The topological polar surface area (TPSA) is 35.9 Å². The highest BCUT2D eigenvalue weighted by Gasteiger charge is 2.32. The number of fused-ring (bicyclic) bond motifs is 4. The fourth-order valence-corrected chi connectivity index (χ4v) is 9.99. The van der Waals surface area contributed by atoms with Gasteiger partial charge in [0.05, 0.1) is 11.0 Å². The summed E-state index contributed by atoms with van der Waals surface area (Å²) in [5.41, 5.74) is 14.6. The molecule has 0 amide bonds. The zero-order valence-corrected chi connectivity index (χ0v) is 40.5. The van der Waals surface area contributed by atoms with Gasteiger partial charge in [0.25, 0.3) is 6.33 Å². The summed E-state index contributed by atoms with van der Waals surface area (Å²) in [7, 11) is 0. The molecule has 11 rings (SSSR count). The molecule has 0 aliphatic rings. The van der Waals surface area contributed by atoms with E-state index in [2.05, 4.69) is 269 Å². The minimum atomic E-state index is -0.436. The van der Waals surface area contributed by atoms with Gasteiger partial charge < -0.3 is 4.74 Å². The SMILES string of the molecule is CC(C)(C)c1cc(-[n+]2cn(-c3cccc(Oc4ccc5c6cc(-c7ccccc7)ccc6n(-c6cc(C(C)(c7ccccc7)c7ccccc7)ccn6)c5c4)c3)c3ccccc32)cc(C(C)(C)C)c1. The lowest BCUT2D eigenvalue weighted by molar-refractivity contribution is -0.567. The van der Waals surface area contributed by atoms with Crippen molar-refractivity contribution in [2.75, 3.05) is 0 Å². The number of imidazole rings is 1. The molecule has 0 aliphatic heterocycles. The Balaban J connectivity index is 1.03. The number of pyridine rings is 1. The molecule has 0 aliphatic carbocycles. The van der Waals surface area contributed by atoms with Crippen LogP contribution in [0.4, 0.5) is 0 Å². The largest absolute Gasteiger partial charge is 0.457 e. The van der Waals surface area contributed by atoms with Crippen molar-refractivity contribution in [2.24, 2.45) is 0 Å². The summed E-state index contributed by atoms with van der Waals surface area (Å²) in [4.78, 5) is 5.12. The van der Waals surface area contributed by atoms with Crippen LogP contribution in [0.3, 0.4) is 0 Å². The van der Waals surface area contributed by atoms with Crippen LogP contribution >= 0.6 is 0 Å². The Bertz CT molecular complexity index is 3590. The lowest BCUT2D eigenvalue weighted by Crippen LogP contribution is -2.31. The van der Waals surface area contributed by atoms with Gasteiger partial charge >= 0.3 is 0 Å². The summed E-state index contributed by atoms with van der Waals surface area (Å²) in [5, 5.41) is 2.27. The van der Waals surface area contributed by atoms with Gasteiger partial charge in [-0.3, -0.25) is 4.57 Å². The molecule has 5 nitrogen and oxygen atoms in total. The van der Waals surface area contributed by atoms with Crippen molar-refractivity contribution in [3.63, 3.8) is 0 Å². The van der Waals surface area contributed by atoms with E-state index in [1.807, 2.05) is 12.3 Å². The zero-order valence-electron chi connectivity index (χ0n) is 40.5. The first-order chi connectivity index (χ1) is 33.3. The molecule has 0 saturated carbocycles. The van der Waals surface area contributed by atoms with Gasteiger partial charge in [-0.25, -0.2) is 4.98 Å². The van der Waals surface area contributed by atoms with Crippen LogP contribution in [0.2, 0.25) is 0 Å². The Morgan fingerprint density at radius 3 is 1.75 bits per heavy atom. The maximum Gasteiger partial charge on any atom is 0.255 e. The van der Waals surface area contributed by atoms with E-state index in [4.69, 9.17) is 9.72 Å². The fourth-order valence-electron chi connectivity index (χ4n) is 9.99. The molecule has 69 heavy (non-hydrogen) atoms. The van der Waals surface area contributed by atoms with Crippen LogP contribution in [-0.4, -0.2) is 14.1 Å². The van der Waals surface area contributed by atoms with Gasteiger partial charge in [-0.15, -0.1) is 0 Å². The summed E-state index contributed by atoms with van der Waals surface area (Å²) >= 11 is 0. The van der Waals surface area contributed by atoms with Crippen LogP contribution in [0.5, 0.6) is 11.5 Å². The highest BCUT2D eigenvalue weighted by Crippen LogP contribution is 2.42. The van der Waals surface area contributed by atoms with Crippen LogP contribution in [0, 0.1) is 0 Å². The van der Waals surface area contributed by atoms with Gasteiger partial charge in [0, 0.05) is 34.5 Å². The number of aromatic nitrogens is 4. The van der Waals surface area contributed by atoms with Crippen molar-refractivity contribution in [1.29, 1.82) is 0 Å². The lowest BCUT2D eigenvalue weighted by Gasteiger charge is -2.32. The molecule has 0 radical (unpaired) electrons. The van der Waals surface area contributed by atoms with E-state index in [1.165, 1.54) is 27.8 Å². The predicted molar refractivity (Wildman–Crippen MR) is 285 cm³/mol. The average molecular weight is 898 g/mol. The number of benzene rings is 8. The first-order valence-corrected chi connectivity index (χ1v) is 24.0. The van der Waals surface area contributed by atoms with Crippen molar-refractivity contribution in [3.8, 4) is 39.8 Å². The van der Waals surface area contributed by atoms with Crippen LogP contribution < -0.4 is 9.30 Å². The van der Waals surface area contributed by atoms with Gasteiger partial charge in [0.15, 0.2) is 11.0 Å². The Morgan fingerprint density at radius 1 is 0.435 bits per heavy atom. The number of ether oxygens (including phenoxy) is 1. The standard InChI is InChI=1S/C64H57N4O/c1-62(2,3)49-37-50(63(4,5)6)39-52(38-49)67-43-66(58-28-17-18-29-59(58)67)51-26-19-27-53(41-51)69-54-31-32-55-56-36-45(44-20-11-8-12-21-44)30-33-57(56)68(60(55)42-54)61-40-48(34-35-65-61)64(7,46-22-13-9-14-23-46)47-24-15-10-16-25-47/h8-43H,1-7H3/q+1. The summed E-state index contributed by atoms with van der Waals surface area (Å²) in [5.74, 6) is 2.33. The van der Waals surface area contributed by atoms with Crippen molar-refractivity contribution >= 4 is 32.8 Å².